The van der Waals surface area contributed by atoms with Crippen molar-refractivity contribution in [3.05, 3.63) is 0 Å². The second-order valence-electron chi connectivity index (χ2n) is 8.88. The molecular weight excluding hydrogens is 308 g/mol. The molecule has 24 heavy (non-hydrogen) atoms. The van der Waals surface area contributed by atoms with Crippen LogP contribution in [0.4, 0.5) is 0 Å². The Morgan fingerprint density at radius 1 is 0.792 bits per heavy atom. The van der Waals surface area contributed by atoms with E-state index >= 15 is 0 Å². The van der Waals surface area contributed by atoms with Crippen molar-refractivity contribution in [3.63, 3.8) is 0 Å². The van der Waals surface area contributed by atoms with E-state index in [9.17, 15) is 14.4 Å². The van der Waals surface area contributed by atoms with Crippen molar-refractivity contribution in [2.24, 2.45) is 16.2 Å². The summed E-state index contributed by atoms with van der Waals surface area (Å²) in [5, 5.41) is 0. The molecule has 0 heterocycles. The number of hydrogen-bond donors (Lipinski definition) is 0. The van der Waals surface area contributed by atoms with Gasteiger partial charge in [0.05, 0.1) is 11.8 Å². The van der Waals surface area contributed by atoms with Crippen molar-refractivity contribution in [2.75, 3.05) is 13.2 Å². The monoisotopic (exact) mass is 342 g/mol. The minimum absolute atomic E-state index is 0.0121. The highest BCUT2D eigenvalue weighted by Crippen LogP contribution is 2.47. The van der Waals surface area contributed by atoms with Gasteiger partial charge in [0, 0.05) is 6.42 Å². The standard InChI is InChI=1S/C19H34O5/c1-14(20)9-10-15(21)23-11-12-24-16(22)19(8,18(5,6)7)13-17(2,3)4/h9-13H2,1-8H3. The fourth-order valence-corrected chi connectivity index (χ4v) is 2.50. The summed E-state index contributed by atoms with van der Waals surface area (Å²) < 4.78 is 10.3. The molecule has 140 valence electrons. The van der Waals surface area contributed by atoms with Gasteiger partial charge in [-0.05, 0) is 31.1 Å². The zero-order chi connectivity index (χ0) is 19.2. The molecule has 0 spiro atoms. The summed E-state index contributed by atoms with van der Waals surface area (Å²) in [7, 11) is 0. The smallest absolute Gasteiger partial charge is 0.312 e. The highest BCUT2D eigenvalue weighted by atomic mass is 16.6. The van der Waals surface area contributed by atoms with Crippen LogP contribution in [0.15, 0.2) is 0 Å². The summed E-state index contributed by atoms with van der Waals surface area (Å²) in [5.41, 5.74) is -0.903. The molecule has 1 atom stereocenters. The van der Waals surface area contributed by atoms with Gasteiger partial charge in [0.25, 0.3) is 0 Å². The molecule has 0 aliphatic rings. The third-order valence-electron chi connectivity index (χ3n) is 4.25. The number of carbonyl (C=O) groups excluding carboxylic acids is 3. The second-order valence-corrected chi connectivity index (χ2v) is 8.88. The van der Waals surface area contributed by atoms with Crippen LogP contribution in [0.1, 0.15) is 74.7 Å². The van der Waals surface area contributed by atoms with E-state index in [0.29, 0.717) is 6.42 Å². The van der Waals surface area contributed by atoms with Gasteiger partial charge < -0.3 is 14.3 Å². The molecule has 0 aromatic rings. The average molecular weight is 342 g/mol. The molecule has 0 fully saturated rings. The fraction of sp³-hybridized carbons (Fsp3) is 0.842. The van der Waals surface area contributed by atoms with Gasteiger partial charge in [-0.3, -0.25) is 9.59 Å². The Morgan fingerprint density at radius 3 is 1.71 bits per heavy atom. The lowest BCUT2D eigenvalue weighted by Gasteiger charge is -2.43. The third kappa shape index (κ3) is 7.93. The Morgan fingerprint density at radius 2 is 1.29 bits per heavy atom. The zero-order valence-corrected chi connectivity index (χ0v) is 16.6. The molecule has 0 amide bonds. The number of Topliss-reactive ketones (excluding diaryl/α,β-unsaturated/α-hetero) is 1. The molecule has 0 bridgehead atoms. The summed E-state index contributed by atoms with van der Waals surface area (Å²) in [4.78, 5) is 34.9. The maximum Gasteiger partial charge on any atom is 0.312 e. The normalized spacial score (nSPS) is 14.7. The van der Waals surface area contributed by atoms with Crippen LogP contribution in [0.5, 0.6) is 0 Å². The van der Waals surface area contributed by atoms with Crippen LogP contribution in [-0.4, -0.2) is 30.9 Å². The van der Waals surface area contributed by atoms with Crippen molar-refractivity contribution in [1.29, 1.82) is 0 Å². The SMILES string of the molecule is CC(=O)CCC(=O)OCCOC(=O)C(C)(CC(C)(C)C)C(C)(C)C. The zero-order valence-electron chi connectivity index (χ0n) is 16.6. The Hall–Kier alpha value is -1.39. The van der Waals surface area contributed by atoms with Crippen LogP contribution < -0.4 is 0 Å². The van der Waals surface area contributed by atoms with E-state index in [4.69, 9.17) is 9.47 Å². The molecule has 0 saturated heterocycles. The van der Waals surface area contributed by atoms with Gasteiger partial charge >= 0.3 is 11.9 Å². The maximum absolute atomic E-state index is 12.6. The lowest BCUT2D eigenvalue weighted by Crippen LogP contribution is -2.44. The van der Waals surface area contributed by atoms with Gasteiger partial charge in [-0.15, -0.1) is 0 Å². The Labute approximate surface area is 146 Å². The van der Waals surface area contributed by atoms with Crippen LogP contribution in [0.2, 0.25) is 0 Å². The number of carbonyl (C=O) groups is 3. The molecule has 0 aliphatic carbocycles. The summed E-state index contributed by atoms with van der Waals surface area (Å²) in [5.74, 6) is -0.777. The number of hydrogen-bond acceptors (Lipinski definition) is 5. The predicted molar refractivity (Wildman–Crippen MR) is 93.5 cm³/mol. The first kappa shape index (κ1) is 22.6. The van der Waals surface area contributed by atoms with E-state index in [-0.39, 0.29) is 48.6 Å². The summed E-state index contributed by atoms with van der Waals surface area (Å²) in [6.45, 7) is 15.8. The second kappa shape index (κ2) is 8.63. The molecule has 0 N–H and O–H groups in total. The molecule has 0 saturated carbocycles. The summed E-state index contributed by atoms with van der Waals surface area (Å²) >= 11 is 0. The van der Waals surface area contributed by atoms with Gasteiger partial charge in [-0.1, -0.05) is 41.5 Å². The van der Waals surface area contributed by atoms with Crippen LogP contribution in [0.25, 0.3) is 0 Å². The molecule has 0 aromatic heterocycles. The molecular formula is C19H34O5. The summed E-state index contributed by atoms with van der Waals surface area (Å²) in [6, 6.07) is 0. The number of ether oxygens (including phenoxy) is 2. The number of esters is 2. The first-order valence-corrected chi connectivity index (χ1v) is 8.51. The Bertz CT molecular complexity index is 453. The number of ketones is 1. The Kier molecular flexibility index (Phi) is 8.13. The molecule has 0 rings (SSSR count). The third-order valence-corrected chi connectivity index (χ3v) is 4.25. The van der Waals surface area contributed by atoms with Crippen LogP contribution in [-0.2, 0) is 23.9 Å². The maximum atomic E-state index is 12.6. The van der Waals surface area contributed by atoms with Crippen molar-refractivity contribution in [2.45, 2.75) is 74.7 Å². The average Bonchev–Trinajstić information content (AvgIpc) is 2.37. The highest BCUT2D eigenvalue weighted by Gasteiger charge is 2.47. The van der Waals surface area contributed by atoms with E-state index in [1.165, 1.54) is 6.92 Å². The van der Waals surface area contributed by atoms with Crippen molar-refractivity contribution in [3.8, 4) is 0 Å². The van der Waals surface area contributed by atoms with Gasteiger partial charge in [0.15, 0.2) is 0 Å². The number of rotatable bonds is 8. The molecule has 5 nitrogen and oxygen atoms in total. The van der Waals surface area contributed by atoms with Gasteiger partial charge in [0.1, 0.15) is 19.0 Å². The van der Waals surface area contributed by atoms with E-state index in [2.05, 4.69) is 20.8 Å². The fourth-order valence-electron chi connectivity index (χ4n) is 2.50. The van der Waals surface area contributed by atoms with Crippen molar-refractivity contribution in [1.82, 2.24) is 0 Å². The predicted octanol–water partition coefficient (Wildman–Crippen LogP) is 3.93. The van der Waals surface area contributed by atoms with E-state index in [1.807, 2.05) is 27.7 Å². The van der Waals surface area contributed by atoms with Crippen molar-refractivity contribution >= 4 is 17.7 Å². The lowest BCUT2D eigenvalue weighted by atomic mass is 9.61. The quantitative estimate of drug-likeness (QED) is 0.494. The molecule has 0 aliphatic heterocycles. The topological polar surface area (TPSA) is 69.7 Å². The minimum atomic E-state index is -0.635. The van der Waals surface area contributed by atoms with E-state index in [0.717, 1.165) is 0 Å². The first-order chi connectivity index (χ1) is 10.7. The van der Waals surface area contributed by atoms with Crippen LogP contribution in [0.3, 0.4) is 0 Å². The molecule has 0 radical (unpaired) electrons. The first-order valence-electron chi connectivity index (χ1n) is 8.51. The minimum Gasteiger partial charge on any atom is -0.462 e. The van der Waals surface area contributed by atoms with Gasteiger partial charge in [0.2, 0.25) is 0 Å². The largest absolute Gasteiger partial charge is 0.462 e. The van der Waals surface area contributed by atoms with Crippen LogP contribution >= 0.6 is 0 Å². The Balaban J connectivity index is 4.55. The lowest BCUT2D eigenvalue weighted by molar-refractivity contribution is -0.168. The van der Waals surface area contributed by atoms with E-state index < -0.39 is 11.4 Å². The van der Waals surface area contributed by atoms with E-state index in [1.54, 1.807) is 0 Å². The molecule has 5 heteroatoms. The van der Waals surface area contributed by atoms with Gasteiger partial charge in [-0.2, -0.15) is 0 Å². The molecule has 0 aromatic carbocycles. The summed E-state index contributed by atoms with van der Waals surface area (Å²) in [6.07, 6.45) is 0.931. The van der Waals surface area contributed by atoms with Gasteiger partial charge in [-0.25, -0.2) is 0 Å². The van der Waals surface area contributed by atoms with Crippen LogP contribution in [0, 0.1) is 16.2 Å². The van der Waals surface area contributed by atoms with Crippen molar-refractivity contribution < 1.29 is 23.9 Å². The molecule has 1 unspecified atom stereocenters. The highest BCUT2D eigenvalue weighted by molar-refractivity contribution is 5.81.